The molecule has 5 nitrogen and oxygen atoms in total. The van der Waals surface area contributed by atoms with E-state index in [9.17, 15) is 10.2 Å². The van der Waals surface area contributed by atoms with E-state index in [0.717, 1.165) is 16.9 Å². The molecule has 0 saturated heterocycles. The maximum Gasteiger partial charge on any atom is 0.119 e. The lowest BCUT2D eigenvalue weighted by atomic mass is 9.78. The van der Waals surface area contributed by atoms with Crippen molar-refractivity contribution in [1.29, 1.82) is 0 Å². The van der Waals surface area contributed by atoms with Crippen LogP contribution in [0, 0.1) is 12.3 Å². The first-order valence-electron chi connectivity index (χ1n) is 10.2. The molecule has 0 aliphatic carbocycles. The van der Waals surface area contributed by atoms with Gasteiger partial charge in [-0.1, -0.05) is 51.0 Å². The molecule has 2 rings (SSSR count). The van der Waals surface area contributed by atoms with Gasteiger partial charge in [-0.05, 0) is 41.8 Å². The van der Waals surface area contributed by atoms with Crippen LogP contribution in [0.5, 0.6) is 11.5 Å². The van der Waals surface area contributed by atoms with Crippen molar-refractivity contribution in [2.24, 2.45) is 0 Å². The summed E-state index contributed by atoms with van der Waals surface area (Å²) < 4.78 is 16.3. The van der Waals surface area contributed by atoms with Crippen LogP contribution in [0.3, 0.4) is 0 Å². The molecule has 2 aromatic rings. The van der Waals surface area contributed by atoms with E-state index in [1.54, 1.807) is 0 Å². The van der Waals surface area contributed by atoms with E-state index in [4.69, 9.17) is 20.6 Å². The Kier molecular flexibility index (Phi) is 9.19. The Bertz CT molecular complexity index is 790. The van der Waals surface area contributed by atoms with Crippen LogP contribution in [0.1, 0.15) is 38.3 Å². The zero-order chi connectivity index (χ0) is 22.0. The number of hydrogen-bond donors (Lipinski definition) is 2. The quantitative estimate of drug-likeness (QED) is 0.412. The van der Waals surface area contributed by atoms with Gasteiger partial charge in [-0.25, -0.2) is 0 Å². The molecule has 162 valence electrons. The summed E-state index contributed by atoms with van der Waals surface area (Å²) in [6.07, 6.45) is 4.60. The van der Waals surface area contributed by atoms with Crippen LogP contribution in [0.2, 0.25) is 0 Å². The summed E-state index contributed by atoms with van der Waals surface area (Å²) in [7, 11) is 0. The van der Waals surface area contributed by atoms with Gasteiger partial charge in [0.05, 0.1) is 12.7 Å². The van der Waals surface area contributed by atoms with Gasteiger partial charge in [0.25, 0.3) is 0 Å². The largest absolute Gasteiger partial charge is 0.491 e. The van der Waals surface area contributed by atoms with Gasteiger partial charge in [0.15, 0.2) is 0 Å². The van der Waals surface area contributed by atoms with Gasteiger partial charge in [0, 0.05) is 5.41 Å². The van der Waals surface area contributed by atoms with Crippen molar-refractivity contribution < 1.29 is 24.4 Å². The van der Waals surface area contributed by atoms with Crippen LogP contribution in [-0.4, -0.2) is 48.8 Å². The highest BCUT2D eigenvalue weighted by Gasteiger charge is 2.23. The van der Waals surface area contributed by atoms with E-state index in [1.807, 2.05) is 55.5 Å². The summed E-state index contributed by atoms with van der Waals surface area (Å²) in [6.45, 7) is 7.00. The molecule has 0 saturated carbocycles. The van der Waals surface area contributed by atoms with Gasteiger partial charge in [-0.15, -0.1) is 6.42 Å². The fraction of sp³-hybridized carbons (Fsp3) is 0.440. The SMILES string of the molecule is C#CCOCC(O)COc1ccc(C(C)(C)c2ccc(OCC(O)CC)cc2)cc1. The molecule has 2 atom stereocenters. The molecule has 2 unspecified atom stereocenters. The van der Waals surface area contributed by atoms with Gasteiger partial charge < -0.3 is 24.4 Å². The molecule has 0 bridgehead atoms. The molecule has 0 amide bonds. The second-order valence-electron chi connectivity index (χ2n) is 7.73. The topological polar surface area (TPSA) is 68.2 Å². The van der Waals surface area contributed by atoms with Crippen LogP contribution in [0.4, 0.5) is 0 Å². The van der Waals surface area contributed by atoms with E-state index in [0.29, 0.717) is 18.8 Å². The lowest BCUT2D eigenvalue weighted by molar-refractivity contribution is 0.0229. The summed E-state index contributed by atoms with van der Waals surface area (Å²) in [5.74, 6) is 3.79. The monoisotopic (exact) mass is 412 g/mol. The van der Waals surface area contributed by atoms with Crippen molar-refractivity contribution in [2.45, 2.75) is 44.8 Å². The van der Waals surface area contributed by atoms with Crippen molar-refractivity contribution in [1.82, 2.24) is 0 Å². The van der Waals surface area contributed by atoms with E-state index < -0.39 is 12.2 Å². The Morgan fingerprint density at radius 1 is 0.833 bits per heavy atom. The van der Waals surface area contributed by atoms with Crippen LogP contribution in [0.25, 0.3) is 0 Å². The van der Waals surface area contributed by atoms with Gasteiger partial charge >= 0.3 is 0 Å². The number of hydrogen-bond acceptors (Lipinski definition) is 5. The van der Waals surface area contributed by atoms with Gasteiger partial charge in [-0.3, -0.25) is 0 Å². The Balaban J connectivity index is 1.95. The van der Waals surface area contributed by atoms with Crippen molar-refractivity contribution in [3.8, 4) is 23.8 Å². The number of rotatable bonds is 12. The lowest BCUT2D eigenvalue weighted by Gasteiger charge is -2.26. The molecule has 30 heavy (non-hydrogen) atoms. The minimum atomic E-state index is -0.728. The van der Waals surface area contributed by atoms with Crippen molar-refractivity contribution in [2.75, 3.05) is 26.4 Å². The highest BCUT2D eigenvalue weighted by Crippen LogP contribution is 2.33. The average molecular weight is 413 g/mol. The molecule has 2 aromatic carbocycles. The molecule has 0 aliphatic rings. The van der Waals surface area contributed by atoms with Crippen molar-refractivity contribution in [3.05, 3.63) is 59.7 Å². The first-order valence-corrected chi connectivity index (χ1v) is 10.2. The number of benzene rings is 2. The van der Waals surface area contributed by atoms with Gasteiger partial charge in [0.2, 0.25) is 0 Å². The standard InChI is InChI=1S/C25H32O5/c1-5-15-28-16-22(27)18-30-24-13-9-20(10-14-24)25(3,4)19-7-11-23(12-8-19)29-17-21(26)6-2/h1,7-14,21-22,26-27H,6,15-18H2,2-4H3. The van der Waals surface area contributed by atoms with Crippen LogP contribution in [0.15, 0.2) is 48.5 Å². The van der Waals surface area contributed by atoms with E-state index in [1.165, 1.54) is 0 Å². The normalized spacial score (nSPS) is 13.3. The molecule has 0 radical (unpaired) electrons. The van der Waals surface area contributed by atoms with Crippen molar-refractivity contribution in [3.63, 3.8) is 0 Å². The smallest absolute Gasteiger partial charge is 0.119 e. The zero-order valence-electron chi connectivity index (χ0n) is 18.0. The third-order valence-corrected chi connectivity index (χ3v) is 5.00. The third kappa shape index (κ3) is 7.07. The number of terminal acetylenes is 1. The molecule has 0 heterocycles. The summed E-state index contributed by atoms with van der Waals surface area (Å²) in [6, 6.07) is 15.8. The molecular weight excluding hydrogens is 380 g/mol. The van der Waals surface area contributed by atoms with Gasteiger partial charge in [-0.2, -0.15) is 0 Å². The average Bonchev–Trinajstić information content (AvgIpc) is 2.76. The second-order valence-corrected chi connectivity index (χ2v) is 7.73. The molecule has 5 heteroatoms. The van der Waals surface area contributed by atoms with E-state index >= 15 is 0 Å². The Labute approximate surface area is 179 Å². The third-order valence-electron chi connectivity index (χ3n) is 5.00. The summed E-state index contributed by atoms with van der Waals surface area (Å²) in [5.41, 5.74) is 2.09. The van der Waals surface area contributed by atoms with Gasteiger partial charge in [0.1, 0.15) is 37.4 Å². The van der Waals surface area contributed by atoms with Crippen LogP contribution in [-0.2, 0) is 10.2 Å². The summed E-state index contributed by atoms with van der Waals surface area (Å²) >= 11 is 0. The first-order chi connectivity index (χ1) is 14.4. The summed E-state index contributed by atoms with van der Waals surface area (Å²) in [5, 5.41) is 19.5. The number of ether oxygens (including phenoxy) is 3. The Morgan fingerprint density at radius 3 is 1.73 bits per heavy atom. The van der Waals surface area contributed by atoms with Crippen molar-refractivity contribution >= 4 is 0 Å². The van der Waals surface area contributed by atoms with Crippen LogP contribution < -0.4 is 9.47 Å². The highest BCUT2D eigenvalue weighted by atomic mass is 16.5. The fourth-order valence-corrected chi connectivity index (χ4v) is 2.91. The molecular formula is C25H32O5. The molecule has 0 aliphatic heterocycles. The van der Waals surface area contributed by atoms with E-state index in [-0.39, 0.29) is 25.2 Å². The molecule has 0 spiro atoms. The zero-order valence-corrected chi connectivity index (χ0v) is 18.0. The summed E-state index contributed by atoms with van der Waals surface area (Å²) in [4.78, 5) is 0. The fourth-order valence-electron chi connectivity index (χ4n) is 2.91. The van der Waals surface area contributed by atoms with E-state index in [2.05, 4.69) is 19.8 Å². The molecule has 2 N–H and O–H groups in total. The number of aliphatic hydroxyl groups excluding tert-OH is 2. The predicted octanol–water partition coefficient (Wildman–Crippen LogP) is 3.55. The Morgan fingerprint density at radius 2 is 1.30 bits per heavy atom. The minimum absolute atomic E-state index is 0.140. The lowest BCUT2D eigenvalue weighted by Crippen LogP contribution is -2.23. The maximum atomic E-state index is 9.83. The maximum absolute atomic E-state index is 9.83. The minimum Gasteiger partial charge on any atom is -0.491 e. The highest BCUT2D eigenvalue weighted by molar-refractivity contribution is 5.41. The second kappa shape index (κ2) is 11.6. The first kappa shape index (κ1) is 23.8. The Hall–Kier alpha value is -2.52. The van der Waals surface area contributed by atoms with Crippen LogP contribution >= 0.6 is 0 Å². The predicted molar refractivity (Wildman–Crippen MR) is 118 cm³/mol. The number of aliphatic hydroxyl groups is 2. The molecule has 0 aromatic heterocycles. The molecule has 0 fully saturated rings.